The van der Waals surface area contributed by atoms with Crippen molar-refractivity contribution in [1.29, 1.82) is 0 Å². The molecule has 0 saturated carbocycles. The van der Waals surface area contributed by atoms with Crippen LogP contribution in [-0.2, 0) is 9.59 Å². The number of fused-ring (bicyclic) bond motifs is 1. The second-order valence-electron chi connectivity index (χ2n) is 4.99. The fourth-order valence-electron chi connectivity index (χ4n) is 2.27. The molecule has 2 heterocycles. The molecule has 0 spiro atoms. The molecule has 1 aliphatic heterocycles. The Morgan fingerprint density at radius 3 is 2.86 bits per heavy atom. The first kappa shape index (κ1) is 14.5. The number of carbonyl (C=O) groups excluding carboxylic acids is 2. The standard InChI is InChI=1S/C15H15N3O3S/c1-9-8-22-15(16-9)17-14(20)13-7-18(10(2)19)11-5-3-4-6-12(11)21-13/h3-6,8,13H,7H2,1-2H3,(H,16,17,20)/t13-/m0/s1. The van der Waals surface area contributed by atoms with Crippen molar-refractivity contribution < 1.29 is 14.3 Å². The van der Waals surface area contributed by atoms with Crippen molar-refractivity contribution >= 4 is 34.0 Å². The smallest absolute Gasteiger partial charge is 0.269 e. The van der Waals surface area contributed by atoms with Gasteiger partial charge in [0.25, 0.3) is 5.91 Å². The van der Waals surface area contributed by atoms with E-state index in [-0.39, 0.29) is 18.4 Å². The van der Waals surface area contributed by atoms with Gasteiger partial charge in [0.2, 0.25) is 5.91 Å². The summed E-state index contributed by atoms with van der Waals surface area (Å²) in [4.78, 5) is 29.9. The number of aromatic nitrogens is 1. The Kier molecular flexibility index (Phi) is 3.81. The SMILES string of the molecule is CC(=O)N1C[C@@H](C(=O)Nc2nc(C)cs2)Oc2ccccc21. The lowest BCUT2D eigenvalue weighted by Crippen LogP contribution is -2.48. The molecular formula is C15H15N3O3S. The Balaban J connectivity index is 1.81. The largest absolute Gasteiger partial charge is 0.476 e. The summed E-state index contributed by atoms with van der Waals surface area (Å²) in [5, 5.41) is 5.11. The Hall–Kier alpha value is -2.41. The van der Waals surface area contributed by atoms with Crippen LogP contribution in [-0.4, -0.2) is 29.4 Å². The lowest BCUT2D eigenvalue weighted by molar-refractivity contribution is -0.123. The van der Waals surface area contributed by atoms with Crippen LogP contribution < -0.4 is 15.0 Å². The van der Waals surface area contributed by atoms with Gasteiger partial charge in [-0.3, -0.25) is 14.9 Å². The molecule has 2 aromatic rings. The molecule has 0 fully saturated rings. The molecule has 0 bridgehead atoms. The Bertz CT molecular complexity index is 728. The number of ether oxygens (including phenoxy) is 1. The molecule has 1 aromatic heterocycles. The Morgan fingerprint density at radius 2 is 2.18 bits per heavy atom. The first-order chi connectivity index (χ1) is 10.5. The van der Waals surface area contributed by atoms with Crippen LogP contribution in [0.25, 0.3) is 0 Å². The van der Waals surface area contributed by atoms with Gasteiger partial charge in [-0.2, -0.15) is 0 Å². The van der Waals surface area contributed by atoms with E-state index in [1.807, 2.05) is 24.4 Å². The number of anilines is 2. The molecule has 1 aliphatic rings. The normalized spacial score (nSPS) is 16.6. The van der Waals surface area contributed by atoms with E-state index in [2.05, 4.69) is 10.3 Å². The fourth-order valence-corrected chi connectivity index (χ4v) is 2.96. The zero-order valence-corrected chi connectivity index (χ0v) is 13.0. The maximum Gasteiger partial charge on any atom is 0.269 e. The molecule has 6 nitrogen and oxygen atoms in total. The Morgan fingerprint density at radius 1 is 1.41 bits per heavy atom. The van der Waals surface area contributed by atoms with E-state index in [9.17, 15) is 9.59 Å². The highest BCUT2D eigenvalue weighted by Crippen LogP contribution is 2.33. The summed E-state index contributed by atoms with van der Waals surface area (Å²) in [6.45, 7) is 3.51. The lowest BCUT2D eigenvalue weighted by Gasteiger charge is -2.33. The summed E-state index contributed by atoms with van der Waals surface area (Å²) in [5.74, 6) is 0.0909. The van der Waals surface area contributed by atoms with Crippen LogP contribution in [0.15, 0.2) is 29.6 Å². The number of amides is 2. The number of nitrogens with one attached hydrogen (secondary N) is 1. The van der Waals surface area contributed by atoms with Crippen LogP contribution in [0.1, 0.15) is 12.6 Å². The van der Waals surface area contributed by atoms with Crippen LogP contribution in [0, 0.1) is 6.92 Å². The summed E-state index contributed by atoms with van der Waals surface area (Å²) < 4.78 is 5.72. The molecule has 1 N–H and O–H groups in total. The van der Waals surface area contributed by atoms with Crippen molar-refractivity contribution in [1.82, 2.24) is 4.98 Å². The van der Waals surface area contributed by atoms with E-state index >= 15 is 0 Å². The van der Waals surface area contributed by atoms with Crippen molar-refractivity contribution in [2.45, 2.75) is 20.0 Å². The minimum Gasteiger partial charge on any atom is -0.476 e. The summed E-state index contributed by atoms with van der Waals surface area (Å²) >= 11 is 1.36. The van der Waals surface area contributed by atoms with Crippen molar-refractivity contribution in [2.75, 3.05) is 16.8 Å². The van der Waals surface area contributed by atoms with Gasteiger partial charge < -0.3 is 9.64 Å². The number of thiazole rings is 1. The second kappa shape index (κ2) is 5.76. The monoisotopic (exact) mass is 317 g/mol. The third-order valence-electron chi connectivity index (χ3n) is 3.30. The molecule has 1 atom stereocenters. The van der Waals surface area contributed by atoms with E-state index in [1.54, 1.807) is 17.0 Å². The zero-order chi connectivity index (χ0) is 15.7. The van der Waals surface area contributed by atoms with E-state index in [1.165, 1.54) is 18.3 Å². The van der Waals surface area contributed by atoms with E-state index < -0.39 is 6.10 Å². The van der Waals surface area contributed by atoms with Crippen molar-refractivity contribution in [3.63, 3.8) is 0 Å². The van der Waals surface area contributed by atoms with Gasteiger partial charge in [0.15, 0.2) is 11.2 Å². The summed E-state index contributed by atoms with van der Waals surface area (Å²) in [6, 6.07) is 7.19. The molecule has 114 valence electrons. The van der Waals surface area contributed by atoms with Crippen molar-refractivity contribution in [2.24, 2.45) is 0 Å². The van der Waals surface area contributed by atoms with E-state index in [0.717, 1.165) is 5.69 Å². The number of aryl methyl sites for hydroxylation is 1. The molecule has 0 aliphatic carbocycles. The van der Waals surface area contributed by atoms with Crippen molar-refractivity contribution in [3.8, 4) is 5.75 Å². The maximum absolute atomic E-state index is 12.3. The third-order valence-corrected chi connectivity index (χ3v) is 4.17. The quantitative estimate of drug-likeness (QED) is 0.922. The zero-order valence-electron chi connectivity index (χ0n) is 12.2. The average Bonchev–Trinajstić information content (AvgIpc) is 2.91. The highest BCUT2D eigenvalue weighted by atomic mass is 32.1. The van der Waals surface area contributed by atoms with Gasteiger partial charge in [0, 0.05) is 12.3 Å². The second-order valence-corrected chi connectivity index (χ2v) is 5.85. The number of rotatable bonds is 2. The third kappa shape index (κ3) is 2.80. The van der Waals surface area contributed by atoms with Gasteiger partial charge in [0.05, 0.1) is 17.9 Å². The summed E-state index contributed by atoms with van der Waals surface area (Å²) in [7, 11) is 0. The molecule has 0 saturated heterocycles. The predicted octanol–water partition coefficient (Wildman–Crippen LogP) is 2.20. The topological polar surface area (TPSA) is 71.5 Å². The molecule has 3 rings (SSSR count). The first-order valence-electron chi connectivity index (χ1n) is 6.81. The van der Waals surface area contributed by atoms with Crippen LogP contribution in [0.3, 0.4) is 0 Å². The lowest BCUT2D eigenvalue weighted by atomic mass is 10.2. The van der Waals surface area contributed by atoms with Crippen LogP contribution in [0.2, 0.25) is 0 Å². The van der Waals surface area contributed by atoms with Crippen LogP contribution in [0.5, 0.6) is 5.75 Å². The molecule has 0 unspecified atom stereocenters. The van der Waals surface area contributed by atoms with Gasteiger partial charge in [-0.1, -0.05) is 12.1 Å². The van der Waals surface area contributed by atoms with Gasteiger partial charge >= 0.3 is 0 Å². The fraction of sp³-hybridized carbons (Fsp3) is 0.267. The number of hydrogen-bond acceptors (Lipinski definition) is 5. The highest BCUT2D eigenvalue weighted by Gasteiger charge is 2.32. The maximum atomic E-state index is 12.3. The van der Waals surface area contributed by atoms with Gasteiger partial charge in [-0.05, 0) is 19.1 Å². The number of carbonyl (C=O) groups is 2. The minimum absolute atomic E-state index is 0.126. The Labute approximate surface area is 131 Å². The molecular weight excluding hydrogens is 302 g/mol. The summed E-state index contributed by atoms with van der Waals surface area (Å²) in [6.07, 6.45) is -0.761. The number of para-hydroxylation sites is 2. The van der Waals surface area contributed by atoms with E-state index in [0.29, 0.717) is 16.6 Å². The highest BCUT2D eigenvalue weighted by molar-refractivity contribution is 7.13. The molecule has 22 heavy (non-hydrogen) atoms. The number of nitrogens with zero attached hydrogens (tertiary/aromatic N) is 2. The van der Waals surface area contributed by atoms with Crippen molar-refractivity contribution in [3.05, 3.63) is 35.3 Å². The van der Waals surface area contributed by atoms with E-state index in [4.69, 9.17) is 4.74 Å². The number of benzene rings is 1. The van der Waals surface area contributed by atoms with Gasteiger partial charge in [-0.15, -0.1) is 11.3 Å². The number of hydrogen-bond donors (Lipinski definition) is 1. The summed E-state index contributed by atoms with van der Waals surface area (Å²) in [5.41, 5.74) is 1.53. The predicted molar refractivity (Wildman–Crippen MR) is 84.4 cm³/mol. The minimum atomic E-state index is -0.761. The molecule has 0 radical (unpaired) electrons. The average molecular weight is 317 g/mol. The van der Waals surface area contributed by atoms with Gasteiger partial charge in [0.1, 0.15) is 5.75 Å². The van der Waals surface area contributed by atoms with Crippen LogP contribution in [0.4, 0.5) is 10.8 Å². The molecule has 2 amide bonds. The molecule has 7 heteroatoms. The first-order valence-corrected chi connectivity index (χ1v) is 7.69. The molecule has 1 aromatic carbocycles. The van der Waals surface area contributed by atoms with Gasteiger partial charge in [-0.25, -0.2) is 4.98 Å². The van der Waals surface area contributed by atoms with Crippen LogP contribution >= 0.6 is 11.3 Å².